The lowest BCUT2D eigenvalue weighted by molar-refractivity contribution is 0.587. The predicted molar refractivity (Wildman–Crippen MR) is 82.2 cm³/mol. The second kappa shape index (κ2) is 5.64. The first-order valence-electron chi connectivity index (χ1n) is 5.83. The van der Waals surface area contributed by atoms with Crippen molar-refractivity contribution in [1.29, 1.82) is 0 Å². The fourth-order valence-electron chi connectivity index (χ4n) is 1.64. The van der Waals surface area contributed by atoms with Crippen LogP contribution in [0.15, 0.2) is 57.4 Å². The van der Waals surface area contributed by atoms with Crippen LogP contribution in [0.2, 0.25) is 5.02 Å². The lowest BCUT2D eigenvalue weighted by Crippen LogP contribution is -1.89. The summed E-state index contributed by atoms with van der Waals surface area (Å²) < 4.78 is 6.57. The zero-order valence-corrected chi connectivity index (χ0v) is 12.5. The molecule has 0 saturated carbocycles. The van der Waals surface area contributed by atoms with Crippen molar-refractivity contribution in [2.24, 2.45) is 0 Å². The third kappa shape index (κ3) is 3.00. The minimum Gasteiger partial charge on any atom is -0.403 e. The maximum atomic E-state index is 5.84. The molecular weight excluding hydrogens is 342 g/mol. The van der Waals surface area contributed by atoms with Crippen molar-refractivity contribution < 1.29 is 4.42 Å². The van der Waals surface area contributed by atoms with E-state index < -0.39 is 0 Å². The molecule has 3 rings (SSSR count). The van der Waals surface area contributed by atoms with Crippen LogP contribution >= 0.6 is 27.5 Å². The number of anilines is 2. The summed E-state index contributed by atoms with van der Waals surface area (Å²) >= 11 is 9.22. The van der Waals surface area contributed by atoms with E-state index in [9.17, 15) is 0 Å². The quantitative estimate of drug-likeness (QED) is 0.730. The molecule has 1 aromatic heterocycles. The van der Waals surface area contributed by atoms with Crippen molar-refractivity contribution in [3.8, 4) is 11.5 Å². The Labute approximate surface area is 128 Å². The fourth-order valence-corrected chi connectivity index (χ4v) is 2.03. The highest BCUT2D eigenvalue weighted by atomic mass is 79.9. The summed E-state index contributed by atoms with van der Waals surface area (Å²) in [4.78, 5) is 0. The Hall–Kier alpha value is -1.85. The standard InChI is InChI=1S/C14H9BrClN3O/c15-10-3-7-12(8-4-10)17-14-19-18-13(20-14)9-1-5-11(16)6-2-9/h1-8H,(H,17,19). The Bertz CT molecular complexity index is 710. The molecule has 0 radical (unpaired) electrons. The minimum atomic E-state index is 0.345. The average Bonchev–Trinajstić information content (AvgIpc) is 2.91. The Morgan fingerprint density at radius 1 is 0.950 bits per heavy atom. The molecule has 0 atom stereocenters. The maximum absolute atomic E-state index is 5.84. The van der Waals surface area contributed by atoms with Crippen molar-refractivity contribution in [2.75, 3.05) is 5.32 Å². The monoisotopic (exact) mass is 349 g/mol. The molecule has 1 N–H and O–H groups in total. The van der Waals surface area contributed by atoms with Crippen LogP contribution in [-0.4, -0.2) is 10.2 Å². The molecule has 0 aliphatic carbocycles. The van der Waals surface area contributed by atoms with Crippen LogP contribution in [-0.2, 0) is 0 Å². The molecular formula is C14H9BrClN3O. The van der Waals surface area contributed by atoms with Gasteiger partial charge >= 0.3 is 6.01 Å². The summed E-state index contributed by atoms with van der Waals surface area (Å²) in [7, 11) is 0. The molecule has 20 heavy (non-hydrogen) atoms. The Balaban J connectivity index is 1.80. The van der Waals surface area contributed by atoms with Gasteiger partial charge in [-0.1, -0.05) is 32.6 Å². The smallest absolute Gasteiger partial charge is 0.320 e. The van der Waals surface area contributed by atoms with E-state index in [0.29, 0.717) is 16.9 Å². The molecule has 0 unspecified atom stereocenters. The van der Waals surface area contributed by atoms with Gasteiger partial charge in [0.15, 0.2) is 0 Å². The first kappa shape index (κ1) is 13.1. The second-order valence-electron chi connectivity index (χ2n) is 4.05. The predicted octanol–water partition coefficient (Wildman–Crippen LogP) is 4.90. The highest BCUT2D eigenvalue weighted by Crippen LogP contribution is 2.24. The van der Waals surface area contributed by atoms with Gasteiger partial charge in [-0.3, -0.25) is 0 Å². The molecule has 3 aromatic rings. The molecule has 0 bridgehead atoms. The van der Waals surface area contributed by atoms with E-state index in [1.807, 2.05) is 36.4 Å². The van der Waals surface area contributed by atoms with Gasteiger partial charge in [-0.15, -0.1) is 5.10 Å². The van der Waals surface area contributed by atoms with Gasteiger partial charge in [0.1, 0.15) is 0 Å². The van der Waals surface area contributed by atoms with Gasteiger partial charge in [0.25, 0.3) is 0 Å². The van der Waals surface area contributed by atoms with E-state index in [1.54, 1.807) is 12.1 Å². The molecule has 0 saturated heterocycles. The molecule has 0 amide bonds. The summed E-state index contributed by atoms with van der Waals surface area (Å²) in [6.07, 6.45) is 0. The Morgan fingerprint density at radius 2 is 1.65 bits per heavy atom. The Kier molecular flexibility index (Phi) is 3.71. The lowest BCUT2D eigenvalue weighted by atomic mass is 10.2. The number of aromatic nitrogens is 2. The van der Waals surface area contributed by atoms with Gasteiger partial charge in [-0.05, 0) is 48.5 Å². The largest absolute Gasteiger partial charge is 0.403 e. The summed E-state index contributed by atoms with van der Waals surface area (Å²) in [5.41, 5.74) is 1.70. The number of hydrogen-bond donors (Lipinski definition) is 1. The molecule has 100 valence electrons. The summed E-state index contributed by atoms with van der Waals surface area (Å²) in [5, 5.41) is 11.7. The van der Waals surface area contributed by atoms with Crippen LogP contribution in [0.4, 0.5) is 11.7 Å². The molecule has 0 spiro atoms. The topological polar surface area (TPSA) is 51.0 Å². The number of nitrogens with one attached hydrogen (secondary N) is 1. The Morgan fingerprint density at radius 3 is 2.35 bits per heavy atom. The second-order valence-corrected chi connectivity index (χ2v) is 5.40. The third-order valence-electron chi connectivity index (χ3n) is 2.61. The van der Waals surface area contributed by atoms with Crippen LogP contribution in [0.3, 0.4) is 0 Å². The van der Waals surface area contributed by atoms with E-state index in [1.165, 1.54) is 0 Å². The highest BCUT2D eigenvalue weighted by molar-refractivity contribution is 9.10. The lowest BCUT2D eigenvalue weighted by Gasteiger charge is -2.00. The van der Waals surface area contributed by atoms with E-state index in [-0.39, 0.29) is 0 Å². The highest BCUT2D eigenvalue weighted by Gasteiger charge is 2.08. The first-order valence-corrected chi connectivity index (χ1v) is 7.00. The van der Waals surface area contributed by atoms with Crippen LogP contribution in [0.25, 0.3) is 11.5 Å². The van der Waals surface area contributed by atoms with E-state index >= 15 is 0 Å². The van der Waals surface area contributed by atoms with Gasteiger partial charge in [-0.25, -0.2) is 0 Å². The maximum Gasteiger partial charge on any atom is 0.320 e. The van der Waals surface area contributed by atoms with Gasteiger partial charge in [0.2, 0.25) is 5.89 Å². The van der Waals surface area contributed by atoms with Crippen molar-refractivity contribution in [2.45, 2.75) is 0 Å². The van der Waals surface area contributed by atoms with E-state index in [2.05, 4.69) is 31.4 Å². The molecule has 4 nitrogen and oxygen atoms in total. The molecule has 6 heteroatoms. The molecule has 0 aliphatic heterocycles. The summed E-state index contributed by atoms with van der Waals surface area (Å²) in [5.74, 6) is 0.446. The van der Waals surface area contributed by atoms with E-state index in [0.717, 1.165) is 15.7 Å². The van der Waals surface area contributed by atoms with Gasteiger partial charge < -0.3 is 9.73 Å². The zero-order valence-electron chi connectivity index (χ0n) is 10.2. The summed E-state index contributed by atoms with van der Waals surface area (Å²) in [6.45, 7) is 0. The fraction of sp³-hybridized carbons (Fsp3) is 0. The zero-order chi connectivity index (χ0) is 13.9. The van der Waals surface area contributed by atoms with Crippen LogP contribution in [0.5, 0.6) is 0 Å². The van der Waals surface area contributed by atoms with Crippen LogP contribution in [0.1, 0.15) is 0 Å². The van der Waals surface area contributed by atoms with Crippen molar-refractivity contribution in [3.63, 3.8) is 0 Å². The van der Waals surface area contributed by atoms with Gasteiger partial charge in [-0.2, -0.15) is 0 Å². The number of halogens is 2. The third-order valence-corrected chi connectivity index (χ3v) is 3.39. The average molecular weight is 351 g/mol. The van der Waals surface area contributed by atoms with Crippen LogP contribution in [0, 0.1) is 0 Å². The molecule has 0 aliphatic rings. The number of benzene rings is 2. The van der Waals surface area contributed by atoms with Crippen molar-refractivity contribution in [3.05, 3.63) is 58.0 Å². The number of nitrogens with zero attached hydrogens (tertiary/aromatic N) is 2. The number of rotatable bonds is 3. The van der Waals surface area contributed by atoms with Gasteiger partial charge in [0.05, 0.1) is 0 Å². The molecule has 0 fully saturated rings. The number of hydrogen-bond acceptors (Lipinski definition) is 4. The SMILES string of the molecule is Clc1ccc(-c2nnc(Nc3ccc(Br)cc3)o2)cc1. The summed E-state index contributed by atoms with van der Waals surface area (Å²) in [6, 6.07) is 15.3. The molecule has 1 heterocycles. The minimum absolute atomic E-state index is 0.345. The molecule has 2 aromatic carbocycles. The van der Waals surface area contributed by atoms with Crippen LogP contribution < -0.4 is 5.32 Å². The van der Waals surface area contributed by atoms with Crippen molar-refractivity contribution in [1.82, 2.24) is 10.2 Å². The normalized spacial score (nSPS) is 10.5. The van der Waals surface area contributed by atoms with E-state index in [4.69, 9.17) is 16.0 Å². The first-order chi connectivity index (χ1) is 9.70. The van der Waals surface area contributed by atoms with Crippen molar-refractivity contribution >= 4 is 39.2 Å². The van der Waals surface area contributed by atoms with Gasteiger partial charge in [0, 0.05) is 20.7 Å².